The number of benzene rings is 1. The molecule has 1 heterocycles. The second-order valence-corrected chi connectivity index (χ2v) is 6.20. The molecule has 0 amide bonds. The first-order valence-electron chi connectivity index (χ1n) is 6.84. The van der Waals surface area contributed by atoms with Gasteiger partial charge in [-0.2, -0.15) is 0 Å². The van der Waals surface area contributed by atoms with Gasteiger partial charge in [0.2, 0.25) is 0 Å². The van der Waals surface area contributed by atoms with Gasteiger partial charge in [0.15, 0.2) is 0 Å². The van der Waals surface area contributed by atoms with Crippen LogP contribution in [0.1, 0.15) is 31.4 Å². The Balaban J connectivity index is 2.02. The Morgan fingerprint density at radius 3 is 2.89 bits per heavy atom. The van der Waals surface area contributed by atoms with Gasteiger partial charge in [0, 0.05) is 30.4 Å². The Morgan fingerprint density at radius 1 is 1.53 bits per heavy atom. The number of hydrogen-bond acceptors (Lipinski definition) is 3. The van der Waals surface area contributed by atoms with E-state index in [-0.39, 0.29) is 0 Å². The lowest BCUT2D eigenvalue weighted by atomic mass is 10.0. The molecule has 1 fully saturated rings. The molecule has 2 rings (SSSR count). The van der Waals surface area contributed by atoms with Crippen LogP contribution in [0.15, 0.2) is 22.7 Å². The quantitative estimate of drug-likeness (QED) is 0.920. The van der Waals surface area contributed by atoms with Gasteiger partial charge in [0.1, 0.15) is 0 Å². The molecule has 1 aromatic carbocycles. The van der Waals surface area contributed by atoms with Crippen LogP contribution in [-0.4, -0.2) is 31.9 Å². The predicted molar refractivity (Wildman–Crippen MR) is 81.6 cm³/mol. The zero-order chi connectivity index (χ0) is 13.8. The SMILES string of the molecule is CC(O)c1ccc(N(C)CC2CCCOC2)cc1Br. The van der Waals surface area contributed by atoms with Gasteiger partial charge in [-0.05, 0) is 43.4 Å². The van der Waals surface area contributed by atoms with Gasteiger partial charge in [-0.15, -0.1) is 0 Å². The zero-order valence-corrected chi connectivity index (χ0v) is 13.2. The van der Waals surface area contributed by atoms with Crippen molar-refractivity contribution in [2.24, 2.45) is 5.92 Å². The lowest BCUT2D eigenvalue weighted by Gasteiger charge is -2.28. The van der Waals surface area contributed by atoms with Gasteiger partial charge in [-0.1, -0.05) is 22.0 Å². The minimum absolute atomic E-state index is 0.444. The molecule has 0 radical (unpaired) electrons. The minimum atomic E-state index is -0.444. The first-order chi connectivity index (χ1) is 9.08. The van der Waals surface area contributed by atoms with Crippen molar-refractivity contribution in [3.8, 4) is 0 Å². The third-order valence-electron chi connectivity index (χ3n) is 3.66. The fraction of sp³-hybridized carbons (Fsp3) is 0.600. The van der Waals surface area contributed by atoms with Crippen molar-refractivity contribution in [3.63, 3.8) is 0 Å². The van der Waals surface area contributed by atoms with Crippen LogP contribution < -0.4 is 4.90 Å². The fourth-order valence-corrected chi connectivity index (χ4v) is 3.23. The van der Waals surface area contributed by atoms with E-state index in [2.05, 4.69) is 40.0 Å². The maximum atomic E-state index is 9.63. The Morgan fingerprint density at radius 2 is 2.32 bits per heavy atom. The van der Waals surface area contributed by atoms with Gasteiger partial charge >= 0.3 is 0 Å². The highest BCUT2D eigenvalue weighted by molar-refractivity contribution is 9.10. The molecule has 3 nitrogen and oxygen atoms in total. The summed E-state index contributed by atoms with van der Waals surface area (Å²) < 4.78 is 6.49. The van der Waals surface area contributed by atoms with Crippen molar-refractivity contribution < 1.29 is 9.84 Å². The van der Waals surface area contributed by atoms with Gasteiger partial charge in [-0.3, -0.25) is 0 Å². The van der Waals surface area contributed by atoms with Crippen LogP contribution in [0.3, 0.4) is 0 Å². The number of hydrogen-bond donors (Lipinski definition) is 1. The molecular formula is C15H22BrNO2. The van der Waals surface area contributed by atoms with E-state index in [9.17, 15) is 5.11 Å². The Labute approximate surface area is 123 Å². The second kappa shape index (κ2) is 6.73. The van der Waals surface area contributed by atoms with Crippen molar-refractivity contribution in [1.82, 2.24) is 0 Å². The van der Waals surface area contributed by atoms with Gasteiger partial charge < -0.3 is 14.7 Å². The average molecular weight is 328 g/mol. The largest absolute Gasteiger partial charge is 0.389 e. The normalized spacial score (nSPS) is 21.2. The average Bonchev–Trinajstić information content (AvgIpc) is 2.39. The molecule has 0 saturated carbocycles. The van der Waals surface area contributed by atoms with Crippen LogP contribution in [0.25, 0.3) is 0 Å². The van der Waals surface area contributed by atoms with Gasteiger partial charge in [-0.25, -0.2) is 0 Å². The lowest BCUT2D eigenvalue weighted by Crippen LogP contribution is -2.30. The molecule has 1 aliphatic rings. The van der Waals surface area contributed by atoms with E-state index in [1.54, 1.807) is 6.92 Å². The highest BCUT2D eigenvalue weighted by Gasteiger charge is 2.17. The fourth-order valence-electron chi connectivity index (χ4n) is 2.54. The minimum Gasteiger partial charge on any atom is -0.389 e. The molecular weight excluding hydrogens is 306 g/mol. The van der Waals surface area contributed by atoms with Crippen molar-refractivity contribution in [3.05, 3.63) is 28.2 Å². The number of nitrogens with zero attached hydrogens (tertiary/aromatic N) is 1. The third-order valence-corrected chi connectivity index (χ3v) is 4.35. The summed E-state index contributed by atoms with van der Waals surface area (Å²) in [6.45, 7) is 4.58. The molecule has 0 aromatic heterocycles. The number of aliphatic hydroxyl groups excluding tert-OH is 1. The standard InChI is InChI=1S/C15H22BrNO2/c1-11(18)14-6-5-13(8-15(14)16)17(2)9-12-4-3-7-19-10-12/h5-6,8,11-12,18H,3-4,7,9-10H2,1-2H3. The molecule has 1 aromatic rings. The first-order valence-corrected chi connectivity index (χ1v) is 7.63. The maximum absolute atomic E-state index is 9.63. The molecule has 0 spiro atoms. The topological polar surface area (TPSA) is 32.7 Å². The van der Waals surface area contributed by atoms with Crippen LogP contribution in [0.2, 0.25) is 0 Å². The molecule has 4 heteroatoms. The highest BCUT2D eigenvalue weighted by Crippen LogP contribution is 2.28. The van der Waals surface area contributed by atoms with Crippen molar-refractivity contribution in [2.75, 3.05) is 31.7 Å². The molecule has 0 bridgehead atoms. The molecule has 1 aliphatic heterocycles. The number of anilines is 1. The Kier molecular flexibility index (Phi) is 5.25. The molecule has 106 valence electrons. The summed E-state index contributed by atoms with van der Waals surface area (Å²) in [6, 6.07) is 6.13. The summed E-state index contributed by atoms with van der Waals surface area (Å²) in [7, 11) is 2.11. The second-order valence-electron chi connectivity index (χ2n) is 5.35. The van der Waals surface area contributed by atoms with Crippen molar-refractivity contribution in [1.29, 1.82) is 0 Å². The highest BCUT2D eigenvalue weighted by atomic mass is 79.9. The number of halogens is 1. The molecule has 1 saturated heterocycles. The molecule has 0 aliphatic carbocycles. The number of rotatable bonds is 4. The van der Waals surface area contributed by atoms with E-state index in [0.717, 1.165) is 29.8 Å². The predicted octanol–water partition coefficient (Wildman–Crippen LogP) is 3.37. The summed E-state index contributed by atoms with van der Waals surface area (Å²) in [4.78, 5) is 2.26. The van der Waals surface area contributed by atoms with E-state index in [4.69, 9.17) is 4.74 Å². The van der Waals surface area contributed by atoms with E-state index >= 15 is 0 Å². The summed E-state index contributed by atoms with van der Waals surface area (Å²) in [5.41, 5.74) is 2.10. The summed E-state index contributed by atoms with van der Waals surface area (Å²) >= 11 is 3.53. The zero-order valence-electron chi connectivity index (χ0n) is 11.6. The van der Waals surface area contributed by atoms with Crippen molar-refractivity contribution >= 4 is 21.6 Å². The number of ether oxygens (including phenoxy) is 1. The van der Waals surface area contributed by atoms with Crippen LogP contribution in [0, 0.1) is 5.92 Å². The third kappa shape index (κ3) is 3.94. The monoisotopic (exact) mass is 327 g/mol. The summed E-state index contributed by atoms with van der Waals surface area (Å²) in [6.07, 6.45) is 1.97. The van der Waals surface area contributed by atoms with E-state index in [1.807, 2.05) is 6.07 Å². The van der Waals surface area contributed by atoms with Gasteiger partial charge in [0.05, 0.1) is 12.7 Å². The van der Waals surface area contributed by atoms with E-state index in [1.165, 1.54) is 18.5 Å². The molecule has 1 N–H and O–H groups in total. The maximum Gasteiger partial charge on any atom is 0.0772 e. The van der Waals surface area contributed by atoms with Crippen molar-refractivity contribution in [2.45, 2.75) is 25.9 Å². The van der Waals surface area contributed by atoms with Crippen LogP contribution >= 0.6 is 15.9 Å². The smallest absolute Gasteiger partial charge is 0.0772 e. The van der Waals surface area contributed by atoms with E-state index < -0.39 is 6.10 Å². The van der Waals surface area contributed by atoms with E-state index in [0.29, 0.717) is 5.92 Å². The first kappa shape index (κ1) is 14.8. The van der Waals surface area contributed by atoms with Crippen LogP contribution in [0.4, 0.5) is 5.69 Å². The Bertz CT molecular complexity index is 417. The summed E-state index contributed by atoms with van der Waals surface area (Å²) in [5.74, 6) is 0.619. The number of aliphatic hydroxyl groups is 1. The van der Waals surface area contributed by atoms with Crippen LogP contribution in [0.5, 0.6) is 0 Å². The van der Waals surface area contributed by atoms with Gasteiger partial charge in [0.25, 0.3) is 0 Å². The summed E-state index contributed by atoms with van der Waals surface area (Å²) in [5, 5.41) is 9.63. The Hall–Kier alpha value is -0.580. The molecule has 2 unspecified atom stereocenters. The molecule has 19 heavy (non-hydrogen) atoms. The van der Waals surface area contributed by atoms with Crippen LogP contribution in [-0.2, 0) is 4.74 Å². The molecule has 2 atom stereocenters. The lowest BCUT2D eigenvalue weighted by molar-refractivity contribution is 0.0576.